The number of benzene rings is 2. The Morgan fingerprint density at radius 1 is 1.21 bits per heavy atom. The lowest BCUT2D eigenvalue weighted by molar-refractivity contribution is 0.102. The van der Waals surface area contributed by atoms with E-state index in [0.29, 0.717) is 29.0 Å². The number of carbonyl (C=O) groups excluding carboxylic acids is 1. The SMILES string of the molecule is N#Cc1c(NC(=O)c2cc(CN3CCC[C@H]3CO)cn3cnnc23)cccc1-c1ccccc1. The summed E-state index contributed by atoms with van der Waals surface area (Å²) in [7, 11) is 0. The molecule has 1 amide bonds. The number of aliphatic hydroxyl groups excluding tert-OH is 1. The molecule has 4 aromatic rings. The average Bonchev–Trinajstić information content (AvgIpc) is 3.53. The van der Waals surface area contributed by atoms with Crippen LogP contribution in [0.25, 0.3) is 16.8 Å². The summed E-state index contributed by atoms with van der Waals surface area (Å²) in [5.74, 6) is -0.360. The first-order valence-electron chi connectivity index (χ1n) is 11.2. The highest BCUT2D eigenvalue weighted by molar-refractivity contribution is 6.09. The fraction of sp³-hybridized carbons (Fsp3) is 0.231. The number of amides is 1. The average molecular weight is 453 g/mol. The van der Waals surface area contributed by atoms with E-state index in [2.05, 4.69) is 26.5 Å². The maximum absolute atomic E-state index is 13.4. The molecule has 1 aliphatic heterocycles. The Morgan fingerprint density at radius 2 is 2.06 bits per heavy atom. The van der Waals surface area contributed by atoms with Crippen molar-refractivity contribution in [2.75, 3.05) is 18.5 Å². The van der Waals surface area contributed by atoms with Crippen molar-refractivity contribution in [2.45, 2.75) is 25.4 Å². The Hall–Kier alpha value is -4.06. The lowest BCUT2D eigenvalue weighted by Crippen LogP contribution is -2.31. The number of fused-ring (bicyclic) bond motifs is 1. The molecule has 170 valence electrons. The minimum absolute atomic E-state index is 0.122. The molecule has 3 heterocycles. The fourth-order valence-electron chi connectivity index (χ4n) is 4.62. The van der Waals surface area contributed by atoms with Crippen LogP contribution in [0.1, 0.15) is 34.3 Å². The molecular weight excluding hydrogens is 428 g/mol. The maximum Gasteiger partial charge on any atom is 0.259 e. The van der Waals surface area contributed by atoms with E-state index in [1.807, 2.05) is 54.7 Å². The molecule has 1 saturated heterocycles. The van der Waals surface area contributed by atoms with Gasteiger partial charge in [0.05, 0.1) is 23.4 Å². The Morgan fingerprint density at radius 3 is 2.85 bits per heavy atom. The zero-order chi connectivity index (χ0) is 23.5. The Labute approximate surface area is 197 Å². The molecule has 0 bridgehead atoms. The van der Waals surface area contributed by atoms with E-state index in [9.17, 15) is 15.2 Å². The molecule has 1 atom stereocenters. The van der Waals surface area contributed by atoms with E-state index in [1.165, 1.54) is 0 Å². The van der Waals surface area contributed by atoms with Crippen molar-refractivity contribution in [3.8, 4) is 17.2 Å². The van der Waals surface area contributed by atoms with E-state index < -0.39 is 0 Å². The van der Waals surface area contributed by atoms with Crippen molar-refractivity contribution < 1.29 is 9.90 Å². The molecule has 2 aromatic carbocycles. The van der Waals surface area contributed by atoms with Crippen molar-refractivity contribution in [2.24, 2.45) is 0 Å². The standard InChI is InChI=1S/C26H24N6O2/c27-13-23-21(19-6-2-1-3-7-19)9-4-10-24(23)29-26(34)22-12-18(15-32-17-28-30-25(22)32)14-31-11-5-8-20(31)16-33/h1-4,6-7,9-10,12,15,17,20,33H,5,8,11,14,16H2,(H,29,34)/t20-/m0/s1. The zero-order valence-corrected chi connectivity index (χ0v) is 18.6. The normalized spacial score (nSPS) is 15.9. The highest BCUT2D eigenvalue weighted by Gasteiger charge is 2.25. The number of aliphatic hydroxyl groups is 1. The van der Waals surface area contributed by atoms with Crippen molar-refractivity contribution in [1.82, 2.24) is 19.5 Å². The molecule has 8 nitrogen and oxygen atoms in total. The summed E-state index contributed by atoms with van der Waals surface area (Å²) in [6.07, 6.45) is 5.49. The summed E-state index contributed by atoms with van der Waals surface area (Å²) >= 11 is 0. The van der Waals surface area contributed by atoms with Crippen LogP contribution in [0, 0.1) is 11.3 Å². The molecule has 1 fully saturated rings. The largest absolute Gasteiger partial charge is 0.395 e. The molecular formula is C26H24N6O2. The van der Waals surface area contributed by atoms with Gasteiger partial charge in [-0.3, -0.25) is 14.1 Å². The molecule has 34 heavy (non-hydrogen) atoms. The number of rotatable bonds is 6. The topological polar surface area (TPSA) is 107 Å². The van der Waals surface area contributed by atoms with E-state index in [-0.39, 0.29) is 18.6 Å². The summed E-state index contributed by atoms with van der Waals surface area (Å²) < 4.78 is 1.74. The quantitative estimate of drug-likeness (QED) is 0.464. The summed E-state index contributed by atoms with van der Waals surface area (Å²) in [6.45, 7) is 1.65. The predicted molar refractivity (Wildman–Crippen MR) is 128 cm³/mol. The summed E-state index contributed by atoms with van der Waals surface area (Å²) in [5, 5.41) is 30.5. The first kappa shape index (κ1) is 21.8. The molecule has 5 rings (SSSR count). The Bertz CT molecular complexity index is 1380. The molecule has 8 heteroatoms. The third kappa shape index (κ3) is 4.15. The second kappa shape index (κ2) is 9.43. The van der Waals surface area contributed by atoms with Gasteiger partial charge in [-0.1, -0.05) is 42.5 Å². The molecule has 0 aliphatic carbocycles. The van der Waals surface area contributed by atoms with Gasteiger partial charge in [-0.15, -0.1) is 10.2 Å². The lowest BCUT2D eigenvalue weighted by Gasteiger charge is -2.23. The molecule has 2 N–H and O–H groups in total. The van der Waals surface area contributed by atoms with Crippen LogP contribution < -0.4 is 5.32 Å². The minimum Gasteiger partial charge on any atom is -0.395 e. The van der Waals surface area contributed by atoms with E-state index >= 15 is 0 Å². The molecule has 0 saturated carbocycles. The number of nitrogens with one attached hydrogen (secondary N) is 1. The van der Waals surface area contributed by atoms with Crippen molar-refractivity contribution in [3.05, 3.63) is 83.8 Å². The smallest absolute Gasteiger partial charge is 0.259 e. The van der Waals surface area contributed by atoms with Crippen molar-refractivity contribution in [3.63, 3.8) is 0 Å². The van der Waals surface area contributed by atoms with Crippen LogP contribution in [-0.2, 0) is 6.54 Å². The monoisotopic (exact) mass is 452 g/mol. The summed E-state index contributed by atoms with van der Waals surface area (Å²) in [6, 6.07) is 19.2. The second-order valence-corrected chi connectivity index (χ2v) is 8.43. The number of pyridine rings is 1. The predicted octanol–water partition coefficient (Wildman–Crippen LogP) is 3.48. The van der Waals surface area contributed by atoms with Gasteiger partial charge < -0.3 is 10.4 Å². The van der Waals surface area contributed by atoms with Crippen molar-refractivity contribution >= 4 is 17.2 Å². The third-order valence-corrected chi connectivity index (χ3v) is 6.30. The van der Waals surface area contributed by atoms with Gasteiger partial charge in [0.1, 0.15) is 12.4 Å². The van der Waals surface area contributed by atoms with Gasteiger partial charge in [0, 0.05) is 24.3 Å². The van der Waals surface area contributed by atoms with Crippen LogP contribution in [-0.4, -0.2) is 49.7 Å². The van der Waals surface area contributed by atoms with E-state index in [0.717, 1.165) is 36.1 Å². The number of hydrogen-bond donors (Lipinski definition) is 2. The highest BCUT2D eigenvalue weighted by Crippen LogP contribution is 2.29. The van der Waals surface area contributed by atoms with Gasteiger partial charge in [-0.05, 0) is 42.6 Å². The van der Waals surface area contributed by atoms with Crippen LogP contribution in [0.2, 0.25) is 0 Å². The number of nitriles is 1. The molecule has 2 aromatic heterocycles. The first-order chi connectivity index (χ1) is 16.7. The van der Waals surface area contributed by atoms with Gasteiger partial charge in [0.2, 0.25) is 0 Å². The van der Waals surface area contributed by atoms with Crippen LogP contribution in [0.4, 0.5) is 5.69 Å². The minimum atomic E-state index is -0.360. The van der Waals surface area contributed by atoms with Crippen molar-refractivity contribution in [1.29, 1.82) is 5.26 Å². The van der Waals surface area contributed by atoms with Gasteiger partial charge >= 0.3 is 0 Å². The number of carbonyl (C=O) groups is 1. The number of likely N-dealkylation sites (tertiary alicyclic amines) is 1. The summed E-state index contributed by atoms with van der Waals surface area (Å²) in [4.78, 5) is 15.6. The van der Waals surface area contributed by atoms with Gasteiger partial charge in [0.25, 0.3) is 5.91 Å². The molecule has 0 radical (unpaired) electrons. The number of nitrogens with zero attached hydrogens (tertiary/aromatic N) is 5. The first-order valence-corrected chi connectivity index (χ1v) is 11.2. The van der Waals surface area contributed by atoms with Gasteiger partial charge in [0.15, 0.2) is 5.65 Å². The van der Waals surface area contributed by atoms with Crippen LogP contribution in [0.15, 0.2) is 67.1 Å². The Balaban J connectivity index is 1.48. The molecule has 0 unspecified atom stereocenters. The van der Waals surface area contributed by atoms with Crippen LogP contribution in [0.5, 0.6) is 0 Å². The lowest BCUT2D eigenvalue weighted by atomic mass is 9.99. The number of aromatic nitrogens is 3. The molecule has 0 spiro atoms. The fourth-order valence-corrected chi connectivity index (χ4v) is 4.62. The van der Waals surface area contributed by atoms with Crippen LogP contribution >= 0.6 is 0 Å². The third-order valence-electron chi connectivity index (χ3n) is 6.30. The summed E-state index contributed by atoms with van der Waals surface area (Å²) in [5.41, 5.74) is 4.25. The van der Waals surface area contributed by atoms with E-state index in [4.69, 9.17) is 0 Å². The number of anilines is 1. The molecule has 1 aliphatic rings. The maximum atomic E-state index is 13.4. The Kier molecular flexibility index (Phi) is 6.04. The zero-order valence-electron chi connectivity index (χ0n) is 18.6. The highest BCUT2D eigenvalue weighted by atomic mass is 16.3. The van der Waals surface area contributed by atoms with Crippen LogP contribution in [0.3, 0.4) is 0 Å². The number of hydrogen-bond acceptors (Lipinski definition) is 6. The van der Waals surface area contributed by atoms with Gasteiger partial charge in [-0.2, -0.15) is 5.26 Å². The second-order valence-electron chi connectivity index (χ2n) is 8.43. The van der Waals surface area contributed by atoms with Gasteiger partial charge in [-0.25, -0.2) is 0 Å². The van der Waals surface area contributed by atoms with E-state index in [1.54, 1.807) is 16.8 Å².